The summed E-state index contributed by atoms with van der Waals surface area (Å²) in [5.74, 6) is 2.19. The Morgan fingerprint density at radius 2 is 2.04 bits per heavy atom. The van der Waals surface area contributed by atoms with Crippen molar-refractivity contribution < 1.29 is 13.9 Å². The van der Waals surface area contributed by atoms with Crippen molar-refractivity contribution in [1.29, 1.82) is 0 Å². The van der Waals surface area contributed by atoms with Gasteiger partial charge in [-0.2, -0.15) is 11.8 Å². The summed E-state index contributed by atoms with van der Waals surface area (Å²) in [4.78, 5) is 16.7. The molecule has 1 saturated carbocycles. The van der Waals surface area contributed by atoms with Gasteiger partial charge in [-0.05, 0) is 31.0 Å². The van der Waals surface area contributed by atoms with Crippen LogP contribution in [-0.2, 0) is 4.74 Å². The minimum Gasteiger partial charge on any atom is -0.442 e. The van der Waals surface area contributed by atoms with Gasteiger partial charge in [0.15, 0.2) is 0 Å². The van der Waals surface area contributed by atoms with Crippen LogP contribution in [0.15, 0.2) is 18.2 Å². The molecule has 5 nitrogen and oxygen atoms in total. The Bertz CT molecular complexity index is 736. The van der Waals surface area contributed by atoms with Gasteiger partial charge in [0.25, 0.3) is 0 Å². The van der Waals surface area contributed by atoms with Gasteiger partial charge < -0.3 is 15.0 Å². The van der Waals surface area contributed by atoms with Crippen molar-refractivity contribution in [3.8, 4) is 0 Å². The summed E-state index contributed by atoms with van der Waals surface area (Å²) < 4.78 is 20.1. The molecule has 0 spiro atoms. The van der Waals surface area contributed by atoms with Crippen molar-refractivity contribution in [2.75, 3.05) is 47.5 Å². The van der Waals surface area contributed by atoms with Crippen LogP contribution >= 0.6 is 24.0 Å². The van der Waals surface area contributed by atoms with Gasteiger partial charge in [0.2, 0.25) is 0 Å². The number of rotatable bonds is 5. The van der Waals surface area contributed by atoms with Crippen LogP contribution in [0.2, 0.25) is 0 Å². The molecule has 4 rings (SSSR count). The second-order valence-electron chi connectivity index (χ2n) is 7.58. The Kier molecular flexibility index (Phi) is 6.25. The summed E-state index contributed by atoms with van der Waals surface area (Å²) in [6.45, 7) is 2.60. The van der Waals surface area contributed by atoms with Crippen LogP contribution in [0.3, 0.4) is 0 Å². The second kappa shape index (κ2) is 8.86. The molecule has 8 heteroatoms. The molecular formula is C20H26FN3O2S2. The smallest absolute Gasteiger partial charge is 0.414 e. The van der Waals surface area contributed by atoms with Crippen molar-refractivity contribution in [1.82, 2.24) is 5.32 Å². The summed E-state index contributed by atoms with van der Waals surface area (Å²) in [5.41, 5.74) is 1.15. The number of benzene rings is 1. The first-order chi connectivity index (χ1) is 13.6. The monoisotopic (exact) mass is 423 g/mol. The lowest BCUT2D eigenvalue weighted by Gasteiger charge is -2.29. The number of amides is 1. The van der Waals surface area contributed by atoms with Crippen LogP contribution in [0.5, 0.6) is 0 Å². The molecule has 1 unspecified atom stereocenters. The number of thiocarbonyl (C=S) groups is 1. The number of hydrogen-bond donors (Lipinski definition) is 1. The molecule has 28 heavy (non-hydrogen) atoms. The number of anilines is 2. The first-order valence-electron chi connectivity index (χ1n) is 10.00. The summed E-state index contributed by atoms with van der Waals surface area (Å²) >= 11 is 7.36. The van der Waals surface area contributed by atoms with Gasteiger partial charge in [0.1, 0.15) is 11.9 Å². The van der Waals surface area contributed by atoms with Crippen molar-refractivity contribution in [3.05, 3.63) is 24.0 Å². The first-order valence-corrected chi connectivity index (χ1v) is 11.6. The molecule has 0 radical (unpaired) electrons. The molecule has 0 aromatic heterocycles. The Morgan fingerprint density at radius 1 is 1.29 bits per heavy atom. The predicted molar refractivity (Wildman–Crippen MR) is 116 cm³/mol. The van der Waals surface area contributed by atoms with E-state index >= 15 is 0 Å². The molecule has 0 bridgehead atoms. The molecule has 1 aromatic carbocycles. The molecule has 2 aliphatic heterocycles. The minimum absolute atomic E-state index is 0.284. The van der Waals surface area contributed by atoms with E-state index in [2.05, 4.69) is 10.2 Å². The van der Waals surface area contributed by atoms with Gasteiger partial charge >= 0.3 is 6.09 Å². The van der Waals surface area contributed by atoms with E-state index in [4.69, 9.17) is 17.0 Å². The first kappa shape index (κ1) is 19.8. The maximum Gasteiger partial charge on any atom is 0.414 e. The highest BCUT2D eigenvalue weighted by Crippen LogP contribution is 2.29. The minimum atomic E-state index is -0.430. The third kappa shape index (κ3) is 4.38. The zero-order valence-corrected chi connectivity index (χ0v) is 17.5. The molecule has 1 aliphatic carbocycles. The highest BCUT2D eigenvalue weighted by molar-refractivity contribution is 7.99. The number of cyclic esters (lactones) is 1. The van der Waals surface area contributed by atoms with E-state index in [0.717, 1.165) is 42.4 Å². The largest absolute Gasteiger partial charge is 0.442 e. The van der Waals surface area contributed by atoms with Crippen LogP contribution in [0.4, 0.5) is 20.6 Å². The van der Waals surface area contributed by atoms with E-state index in [-0.39, 0.29) is 11.9 Å². The Balaban J connectivity index is 1.35. The van der Waals surface area contributed by atoms with E-state index in [0.29, 0.717) is 30.4 Å². The third-order valence-electron chi connectivity index (χ3n) is 5.70. The molecule has 2 saturated heterocycles. The predicted octanol–water partition coefficient (Wildman–Crippen LogP) is 3.81. The fourth-order valence-electron chi connectivity index (χ4n) is 4.11. The molecule has 1 atom stereocenters. The van der Waals surface area contributed by atoms with E-state index in [9.17, 15) is 9.18 Å². The normalized spacial score (nSPS) is 23.2. The van der Waals surface area contributed by atoms with Gasteiger partial charge in [0.05, 0.1) is 29.5 Å². The highest BCUT2D eigenvalue weighted by Gasteiger charge is 2.33. The Hall–Kier alpha value is -1.54. The van der Waals surface area contributed by atoms with E-state index < -0.39 is 6.09 Å². The Morgan fingerprint density at radius 3 is 2.75 bits per heavy atom. The van der Waals surface area contributed by atoms with E-state index in [1.807, 2.05) is 11.8 Å². The van der Waals surface area contributed by atoms with Crippen molar-refractivity contribution in [2.24, 2.45) is 5.92 Å². The van der Waals surface area contributed by atoms with Gasteiger partial charge in [0, 0.05) is 30.5 Å². The summed E-state index contributed by atoms with van der Waals surface area (Å²) in [5, 5.41) is 3.27. The van der Waals surface area contributed by atoms with Crippen molar-refractivity contribution >= 4 is 46.4 Å². The molecular weight excluding hydrogens is 397 g/mol. The number of ether oxygens (including phenoxy) is 1. The van der Waals surface area contributed by atoms with Gasteiger partial charge in [-0.3, -0.25) is 4.90 Å². The number of carbonyl (C=O) groups excluding carboxylic acids is 1. The molecule has 1 N–H and O–H groups in total. The zero-order chi connectivity index (χ0) is 19.5. The Labute approximate surface area is 175 Å². The number of nitrogens with zero attached hydrogens (tertiary/aromatic N) is 2. The molecule has 1 aromatic rings. The molecule has 1 amide bonds. The van der Waals surface area contributed by atoms with Crippen LogP contribution in [0, 0.1) is 11.7 Å². The number of nitrogens with one attached hydrogen (secondary N) is 1. The summed E-state index contributed by atoms with van der Waals surface area (Å²) in [7, 11) is 0. The van der Waals surface area contributed by atoms with Crippen LogP contribution < -0.4 is 15.1 Å². The van der Waals surface area contributed by atoms with Crippen LogP contribution in [0.25, 0.3) is 0 Å². The average molecular weight is 424 g/mol. The van der Waals surface area contributed by atoms with Gasteiger partial charge in [-0.1, -0.05) is 25.1 Å². The van der Waals surface area contributed by atoms with Crippen molar-refractivity contribution in [2.45, 2.75) is 31.8 Å². The lowest BCUT2D eigenvalue weighted by Crippen LogP contribution is -2.36. The summed E-state index contributed by atoms with van der Waals surface area (Å²) in [6, 6.07) is 5.02. The second-order valence-corrected chi connectivity index (χ2v) is 9.24. The van der Waals surface area contributed by atoms with Gasteiger partial charge in [-0.25, -0.2) is 9.18 Å². The fraction of sp³-hybridized carbons (Fsp3) is 0.600. The molecule has 3 fully saturated rings. The lowest BCUT2D eigenvalue weighted by molar-refractivity contribution is 0.142. The van der Waals surface area contributed by atoms with Gasteiger partial charge in [-0.15, -0.1) is 0 Å². The fourth-order valence-corrected chi connectivity index (χ4v) is 5.33. The zero-order valence-electron chi connectivity index (χ0n) is 15.9. The third-order valence-corrected chi connectivity index (χ3v) is 7.12. The maximum absolute atomic E-state index is 14.7. The number of hydrogen-bond acceptors (Lipinski definition) is 5. The number of carbonyl (C=O) groups is 1. The molecule has 152 valence electrons. The topological polar surface area (TPSA) is 44.8 Å². The molecule has 2 heterocycles. The summed E-state index contributed by atoms with van der Waals surface area (Å²) in [6.07, 6.45) is 4.04. The highest BCUT2D eigenvalue weighted by atomic mass is 32.2. The van der Waals surface area contributed by atoms with Crippen LogP contribution in [0.1, 0.15) is 25.7 Å². The van der Waals surface area contributed by atoms with Crippen LogP contribution in [-0.4, -0.2) is 54.9 Å². The van der Waals surface area contributed by atoms with E-state index in [1.54, 1.807) is 12.1 Å². The van der Waals surface area contributed by atoms with Crippen molar-refractivity contribution in [3.63, 3.8) is 0 Å². The SMILES string of the molecule is O=C1OC(CNC(=S)C2CCCC2)CN1c1ccc(N2CCSCC2)c(F)c1. The maximum atomic E-state index is 14.7. The number of thioether (sulfide) groups is 1. The molecule has 3 aliphatic rings. The number of halogens is 1. The van der Waals surface area contributed by atoms with E-state index in [1.165, 1.54) is 23.8 Å². The quantitative estimate of drug-likeness (QED) is 0.727. The average Bonchev–Trinajstić information content (AvgIpc) is 3.37. The lowest BCUT2D eigenvalue weighted by atomic mass is 10.1. The standard InChI is InChI=1S/C20H26FN3O2S2/c21-17-11-15(5-6-18(17)23-7-9-28-10-8-23)24-13-16(26-20(24)25)12-22-19(27)14-3-1-2-4-14/h5-6,11,14,16H,1-4,7-10,12-13H2,(H,22,27).